The minimum absolute atomic E-state index is 0.0585. The number of carbonyl (C=O) groups excluding carboxylic acids is 2. The molecule has 0 saturated carbocycles. The molecule has 0 spiro atoms. The first kappa shape index (κ1) is 45.9. The van der Waals surface area contributed by atoms with Crippen molar-refractivity contribution < 1.29 is 24.2 Å². The Balaban J connectivity index is 3.49. The summed E-state index contributed by atoms with van der Waals surface area (Å²) in [5.41, 5.74) is 0. The fourth-order valence-corrected chi connectivity index (χ4v) is 6.30. The van der Waals surface area contributed by atoms with Crippen molar-refractivity contribution in [3.63, 3.8) is 0 Å². The number of rotatable bonds is 37. The molecule has 0 amide bonds. The largest absolute Gasteiger partial charge is 0.462 e. The fraction of sp³-hybridized carbons (Fsp3) is 0.952. The van der Waals surface area contributed by atoms with Crippen molar-refractivity contribution in [3.05, 3.63) is 0 Å². The van der Waals surface area contributed by atoms with Crippen LogP contribution in [0.3, 0.4) is 0 Å². The van der Waals surface area contributed by atoms with Gasteiger partial charge >= 0.3 is 11.9 Å². The summed E-state index contributed by atoms with van der Waals surface area (Å²) in [5.74, 6) is 1.16. The minimum Gasteiger partial charge on any atom is -0.462 e. The molecule has 0 bridgehead atoms. The number of esters is 2. The van der Waals surface area contributed by atoms with Crippen molar-refractivity contribution in [2.75, 3.05) is 13.2 Å². The maximum absolute atomic E-state index is 12.2. The maximum Gasteiger partial charge on any atom is 0.306 e. The van der Waals surface area contributed by atoms with E-state index in [1.807, 2.05) is 0 Å². The molecule has 1 unspecified atom stereocenters. The fourth-order valence-electron chi connectivity index (χ4n) is 6.30. The average Bonchev–Trinajstić information content (AvgIpc) is 3.06. The van der Waals surface area contributed by atoms with Crippen LogP contribution in [0.2, 0.25) is 0 Å². The molecule has 0 heterocycles. The number of aliphatic hydroxyl groups is 1. The molecule has 47 heavy (non-hydrogen) atoms. The Morgan fingerprint density at radius 1 is 0.489 bits per heavy atom. The van der Waals surface area contributed by atoms with Gasteiger partial charge in [0.15, 0.2) is 6.10 Å². The smallest absolute Gasteiger partial charge is 0.306 e. The van der Waals surface area contributed by atoms with Gasteiger partial charge in [0.05, 0.1) is 6.61 Å². The lowest BCUT2D eigenvalue weighted by Crippen LogP contribution is -2.28. The molecule has 0 aliphatic carbocycles. The van der Waals surface area contributed by atoms with Crippen LogP contribution in [-0.4, -0.2) is 36.4 Å². The summed E-state index contributed by atoms with van der Waals surface area (Å²) in [6.45, 7) is 8.90. The quantitative estimate of drug-likeness (QED) is 0.0527. The van der Waals surface area contributed by atoms with Gasteiger partial charge in [0.1, 0.15) is 6.61 Å². The van der Waals surface area contributed by atoms with Crippen LogP contribution in [0.15, 0.2) is 0 Å². The van der Waals surface area contributed by atoms with E-state index in [4.69, 9.17) is 9.47 Å². The predicted octanol–water partition coefficient (Wildman–Crippen LogP) is 12.8. The van der Waals surface area contributed by atoms with Crippen LogP contribution in [0.1, 0.15) is 227 Å². The topological polar surface area (TPSA) is 72.8 Å². The summed E-state index contributed by atoms with van der Waals surface area (Å²) in [5, 5.41) is 9.56. The van der Waals surface area contributed by atoms with Crippen LogP contribution in [0.25, 0.3) is 0 Å². The predicted molar refractivity (Wildman–Crippen MR) is 201 cm³/mol. The van der Waals surface area contributed by atoms with E-state index in [1.165, 1.54) is 148 Å². The van der Waals surface area contributed by atoms with Gasteiger partial charge in [-0.25, -0.2) is 0 Å². The van der Waals surface area contributed by atoms with Gasteiger partial charge in [-0.1, -0.05) is 201 Å². The molecular weight excluding hydrogens is 584 g/mol. The second-order valence-corrected chi connectivity index (χ2v) is 15.2. The Morgan fingerprint density at radius 2 is 0.830 bits per heavy atom. The second kappa shape index (κ2) is 36.2. The maximum atomic E-state index is 12.2. The molecule has 0 radical (unpaired) electrons. The van der Waals surface area contributed by atoms with E-state index in [1.54, 1.807) is 0 Å². The van der Waals surface area contributed by atoms with E-state index < -0.39 is 6.10 Å². The SMILES string of the molecule is CCC(C)CCCCCCCCCCCCC(=O)OC[C@H](CO)OC(=O)CCCCCCCCCCCCCCCCCCC(C)C. The molecule has 1 N–H and O–H groups in total. The van der Waals surface area contributed by atoms with Crippen LogP contribution in [0.5, 0.6) is 0 Å². The molecular formula is C42H82O5. The minimum atomic E-state index is -0.763. The summed E-state index contributed by atoms with van der Waals surface area (Å²) < 4.78 is 10.6. The van der Waals surface area contributed by atoms with E-state index in [9.17, 15) is 14.7 Å². The molecule has 2 atom stereocenters. The van der Waals surface area contributed by atoms with Crippen LogP contribution in [0, 0.1) is 11.8 Å². The van der Waals surface area contributed by atoms with Crippen molar-refractivity contribution in [2.24, 2.45) is 11.8 Å². The van der Waals surface area contributed by atoms with Crippen LogP contribution in [-0.2, 0) is 19.1 Å². The first-order valence-electron chi connectivity index (χ1n) is 20.8. The van der Waals surface area contributed by atoms with Crippen molar-refractivity contribution in [1.82, 2.24) is 0 Å². The number of hydrogen-bond acceptors (Lipinski definition) is 5. The molecule has 0 aliphatic heterocycles. The highest BCUT2D eigenvalue weighted by Crippen LogP contribution is 2.17. The Hall–Kier alpha value is -1.10. The second-order valence-electron chi connectivity index (χ2n) is 15.2. The summed E-state index contributed by atoms with van der Waals surface area (Å²) >= 11 is 0. The van der Waals surface area contributed by atoms with Crippen LogP contribution in [0.4, 0.5) is 0 Å². The molecule has 0 aromatic heterocycles. The van der Waals surface area contributed by atoms with E-state index in [0.29, 0.717) is 12.8 Å². The zero-order valence-corrected chi connectivity index (χ0v) is 32.1. The van der Waals surface area contributed by atoms with Gasteiger partial charge in [0, 0.05) is 12.8 Å². The van der Waals surface area contributed by atoms with Crippen molar-refractivity contribution in [3.8, 4) is 0 Å². The zero-order chi connectivity index (χ0) is 34.6. The number of aliphatic hydroxyl groups excluding tert-OH is 1. The normalized spacial score (nSPS) is 12.8. The molecule has 5 heteroatoms. The zero-order valence-electron chi connectivity index (χ0n) is 32.1. The lowest BCUT2D eigenvalue weighted by atomic mass is 9.99. The van der Waals surface area contributed by atoms with Gasteiger partial charge in [0.2, 0.25) is 0 Å². The first-order valence-corrected chi connectivity index (χ1v) is 20.8. The molecule has 0 aromatic carbocycles. The van der Waals surface area contributed by atoms with E-state index >= 15 is 0 Å². The van der Waals surface area contributed by atoms with E-state index in [0.717, 1.165) is 50.4 Å². The average molecular weight is 667 g/mol. The van der Waals surface area contributed by atoms with Gasteiger partial charge in [-0.3, -0.25) is 9.59 Å². The van der Waals surface area contributed by atoms with Crippen molar-refractivity contribution in [2.45, 2.75) is 233 Å². The summed E-state index contributed by atoms with van der Waals surface area (Å²) in [6.07, 6.45) is 37.3. The third kappa shape index (κ3) is 36.0. The molecule has 0 fully saturated rings. The molecule has 280 valence electrons. The molecule has 0 rings (SSSR count). The molecule has 5 nitrogen and oxygen atoms in total. The molecule has 0 saturated heterocycles. The Bertz CT molecular complexity index is 663. The highest BCUT2D eigenvalue weighted by atomic mass is 16.6. The van der Waals surface area contributed by atoms with Gasteiger partial charge in [-0.05, 0) is 24.7 Å². The van der Waals surface area contributed by atoms with Gasteiger partial charge in [-0.2, -0.15) is 0 Å². The van der Waals surface area contributed by atoms with E-state index in [2.05, 4.69) is 27.7 Å². The summed E-state index contributed by atoms with van der Waals surface area (Å²) in [4.78, 5) is 24.3. The first-order chi connectivity index (χ1) is 22.9. The van der Waals surface area contributed by atoms with Crippen molar-refractivity contribution >= 4 is 11.9 Å². The number of ether oxygens (including phenoxy) is 2. The molecule has 0 aliphatic rings. The van der Waals surface area contributed by atoms with Crippen LogP contribution < -0.4 is 0 Å². The third-order valence-electron chi connectivity index (χ3n) is 9.87. The van der Waals surface area contributed by atoms with E-state index in [-0.39, 0.29) is 25.2 Å². The standard InChI is InChI=1S/C42H82O5/c1-5-39(4)33-29-25-21-17-14-15-18-22-26-30-34-41(44)46-37-40(36-43)47-42(45)35-31-27-23-19-13-11-9-7-6-8-10-12-16-20-24-28-32-38(2)3/h38-40,43H,5-37H2,1-4H3/t39?,40-/m0/s1. The Labute approximate surface area is 293 Å². The molecule has 0 aromatic rings. The summed E-state index contributed by atoms with van der Waals surface area (Å²) in [7, 11) is 0. The Morgan fingerprint density at radius 3 is 1.19 bits per heavy atom. The number of carbonyl (C=O) groups is 2. The highest BCUT2D eigenvalue weighted by Gasteiger charge is 2.16. The van der Waals surface area contributed by atoms with Gasteiger partial charge in [0.25, 0.3) is 0 Å². The number of unbranched alkanes of at least 4 members (excludes halogenated alkanes) is 24. The monoisotopic (exact) mass is 667 g/mol. The van der Waals surface area contributed by atoms with Gasteiger partial charge < -0.3 is 14.6 Å². The third-order valence-corrected chi connectivity index (χ3v) is 9.87. The van der Waals surface area contributed by atoms with Crippen LogP contribution >= 0.6 is 0 Å². The Kier molecular flexibility index (Phi) is 35.3. The summed E-state index contributed by atoms with van der Waals surface area (Å²) in [6, 6.07) is 0. The van der Waals surface area contributed by atoms with Crippen molar-refractivity contribution in [1.29, 1.82) is 0 Å². The number of hydrogen-bond donors (Lipinski definition) is 1. The lowest BCUT2D eigenvalue weighted by Gasteiger charge is -2.15. The highest BCUT2D eigenvalue weighted by molar-refractivity contribution is 5.70. The van der Waals surface area contributed by atoms with Gasteiger partial charge in [-0.15, -0.1) is 0 Å². The lowest BCUT2D eigenvalue weighted by molar-refractivity contribution is -0.161.